The minimum atomic E-state index is 0.731. The van der Waals surface area contributed by atoms with Gasteiger partial charge in [0.05, 0.1) is 14.2 Å². The number of piperidine rings is 1. The van der Waals surface area contributed by atoms with Crippen molar-refractivity contribution in [3.63, 3.8) is 0 Å². The Morgan fingerprint density at radius 2 is 1.84 bits per heavy atom. The van der Waals surface area contributed by atoms with Gasteiger partial charge in [0.15, 0.2) is 11.5 Å². The maximum Gasteiger partial charge on any atom is 0.165 e. The average molecular weight is 328 g/mol. The predicted molar refractivity (Wildman–Crippen MR) is 81.3 cm³/mol. The summed E-state index contributed by atoms with van der Waals surface area (Å²) in [6.07, 6.45) is 3.52. The molecule has 1 aliphatic heterocycles. The normalized spacial score (nSPS) is 16.4. The lowest BCUT2D eigenvalue weighted by Crippen LogP contribution is -2.28. The molecule has 0 aliphatic carbocycles. The van der Waals surface area contributed by atoms with Gasteiger partial charge in [-0.1, -0.05) is 15.9 Å². The number of halogens is 1. The Bertz CT molecular complexity index is 442. The molecule has 0 unspecified atom stereocenters. The van der Waals surface area contributed by atoms with E-state index in [2.05, 4.69) is 27.3 Å². The maximum absolute atomic E-state index is 5.58. The van der Waals surface area contributed by atoms with Gasteiger partial charge in [-0.15, -0.1) is 0 Å². The molecular formula is C15H22BrNO2. The molecule has 0 atom stereocenters. The Morgan fingerprint density at radius 1 is 1.21 bits per heavy atom. The maximum atomic E-state index is 5.58. The van der Waals surface area contributed by atoms with Crippen LogP contribution in [0.15, 0.2) is 10.5 Å². The molecule has 0 saturated carbocycles. The van der Waals surface area contributed by atoms with E-state index in [4.69, 9.17) is 9.47 Å². The van der Waals surface area contributed by atoms with Crippen LogP contribution in [-0.4, -0.2) is 27.3 Å². The topological polar surface area (TPSA) is 30.5 Å². The van der Waals surface area contributed by atoms with Crippen molar-refractivity contribution in [2.45, 2.75) is 26.2 Å². The number of benzene rings is 1. The van der Waals surface area contributed by atoms with Crippen LogP contribution in [0.5, 0.6) is 11.5 Å². The molecule has 106 valence electrons. The second-order valence-corrected chi connectivity index (χ2v) is 5.96. The van der Waals surface area contributed by atoms with Gasteiger partial charge in [0.1, 0.15) is 0 Å². The highest BCUT2D eigenvalue weighted by Gasteiger charge is 2.20. The van der Waals surface area contributed by atoms with Crippen LogP contribution in [0.25, 0.3) is 0 Å². The van der Waals surface area contributed by atoms with E-state index in [1.807, 2.05) is 6.92 Å². The summed E-state index contributed by atoms with van der Waals surface area (Å²) in [5, 5.41) is 3.41. The molecule has 0 amide bonds. The lowest BCUT2D eigenvalue weighted by molar-refractivity contribution is 0.337. The van der Waals surface area contributed by atoms with Gasteiger partial charge in [-0.25, -0.2) is 0 Å². The number of ether oxygens (including phenoxy) is 2. The minimum Gasteiger partial charge on any atom is -0.493 e. The quantitative estimate of drug-likeness (QED) is 0.920. The highest BCUT2D eigenvalue weighted by atomic mass is 79.9. The SMILES string of the molecule is COc1c(CC2CCNCC2)cc(Br)c(C)c1OC. The third-order valence-corrected chi connectivity index (χ3v) is 4.70. The van der Waals surface area contributed by atoms with E-state index in [1.165, 1.54) is 18.4 Å². The zero-order valence-electron chi connectivity index (χ0n) is 11.9. The van der Waals surface area contributed by atoms with Crippen molar-refractivity contribution in [1.29, 1.82) is 0 Å². The Kier molecular flexibility index (Phi) is 5.11. The first kappa shape index (κ1) is 14.7. The van der Waals surface area contributed by atoms with Gasteiger partial charge in [0.25, 0.3) is 0 Å². The summed E-state index contributed by atoms with van der Waals surface area (Å²) in [5.74, 6) is 2.47. The molecule has 1 aliphatic rings. The fourth-order valence-corrected chi connectivity index (χ4v) is 3.23. The van der Waals surface area contributed by atoms with Crippen molar-refractivity contribution in [1.82, 2.24) is 5.32 Å². The van der Waals surface area contributed by atoms with Crippen LogP contribution in [0.1, 0.15) is 24.0 Å². The third-order valence-electron chi connectivity index (χ3n) is 3.87. The molecule has 0 spiro atoms. The Morgan fingerprint density at radius 3 is 2.42 bits per heavy atom. The number of hydrogen-bond donors (Lipinski definition) is 1. The zero-order valence-corrected chi connectivity index (χ0v) is 13.5. The molecular weight excluding hydrogens is 306 g/mol. The van der Waals surface area contributed by atoms with Crippen LogP contribution in [0, 0.1) is 12.8 Å². The van der Waals surface area contributed by atoms with Crippen molar-refractivity contribution >= 4 is 15.9 Å². The lowest BCUT2D eigenvalue weighted by Gasteiger charge is -2.24. The van der Waals surface area contributed by atoms with Crippen LogP contribution < -0.4 is 14.8 Å². The molecule has 0 aromatic heterocycles. The van der Waals surface area contributed by atoms with Crippen LogP contribution in [0.2, 0.25) is 0 Å². The van der Waals surface area contributed by atoms with Crippen molar-refractivity contribution in [3.8, 4) is 11.5 Å². The number of methoxy groups -OCH3 is 2. The monoisotopic (exact) mass is 327 g/mol. The molecule has 19 heavy (non-hydrogen) atoms. The van der Waals surface area contributed by atoms with Gasteiger partial charge < -0.3 is 14.8 Å². The minimum absolute atomic E-state index is 0.731. The zero-order chi connectivity index (χ0) is 13.8. The van der Waals surface area contributed by atoms with Gasteiger partial charge in [-0.05, 0) is 56.8 Å². The number of nitrogens with one attached hydrogen (secondary N) is 1. The van der Waals surface area contributed by atoms with E-state index in [-0.39, 0.29) is 0 Å². The molecule has 1 fully saturated rings. The van der Waals surface area contributed by atoms with Gasteiger partial charge >= 0.3 is 0 Å². The van der Waals surface area contributed by atoms with Gasteiger partial charge in [-0.3, -0.25) is 0 Å². The first-order valence-electron chi connectivity index (χ1n) is 6.78. The van der Waals surface area contributed by atoms with Gasteiger partial charge in [0, 0.05) is 10.0 Å². The molecule has 2 rings (SSSR count). The molecule has 4 heteroatoms. The standard InChI is InChI=1S/C15H22BrNO2/c1-10-13(16)9-12(15(19-3)14(10)18-2)8-11-4-6-17-7-5-11/h9,11,17H,4-8H2,1-3H3. The summed E-state index contributed by atoms with van der Waals surface area (Å²) in [6.45, 7) is 4.29. The number of hydrogen-bond acceptors (Lipinski definition) is 3. The molecule has 1 saturated heterocycles. The Labute approximate surface area is 123 Å². The van der Waals surface area contributed by atoms with E-state index < -0.39 is 0 Å². The molecule has 1 heterocycles. The summed E-state index contributed by atoms with van der Waals surface area (Å²) in [4.78, 5) is 0. The Hall–Kier alpha value is -0.740. The number of rotatable bonds is 4. The first-order valence-corrected chi connectivity index (χ1v) is 7.57. The van der Waals surface area contributed by atoms with E-state index in [0.717, 1.165) is 47.0 Å². The summed E-state index contributed by atoms with van der Waals surface area (Å²) < 4.78 is 12.2. The van der Waals surface area contributed by atoms with Crippen LogP contribution in [0.4, 0.5) is 0 Å². The smallest absolute Gasteiger partial charge is 0.165 e. The summed E-state index contributed by atoms with van der Waals surface area (Å²) >= 11 is 3.62. The van der Waals surface area contributed by atoms with Crippen molar-refractivity contribution in [2.24, 2.45) is 5.92 Å². The highest BCUT2D eigenvalue weighted by molar-refractivity contribution is 9.10. The fraction of sp³-hybridized carbons (Fsp3) is 0.600. The molecule has 3 nitrogen and oxygen atoms in total. The van der Waals surface area contributed by atoms with E-state index in [0.29, 0.717) is 0 Å². The second-order valence-electron chi connectivity index (χ2n) is 5.11. The molecule has 0 bridgehead atoms. The fourth-order valence-electron chi connectivity index (χ4n) is 2.77. The van der Waals surface area contributed by atoms with E-state index >= 15 is 0 Å². The Balaban J connectivity index is 2.30. The molecule has 1 aromatic carbocycles. The van der Waals surface area contributed by atoms with Crippen molar-refractivity contribution in [2.75, 3.05) is 27.3 Å². The van der Waals surface area contributed by atoms with Crippen molar-refractivity contribution in [3.05, 3.63) is 21.7 Å². The van der Waals surface area contributed by atoms with Gasteiger partial charge in [0.2, 0.25) is 0 Å². The average Bonchev–Trinajstić information content (AvgIpc) is 2.43. The third kappa shape index (κ3) is 3.23. The second kappa shape index (κ2) is 6.62. The predicted octanol–water partition coefficient (Wildman–Crippen LogP) is 3.32. The van der Waals surface area contributed by atoms with Crippen molar-refractivity contribution < 1.29 is 9.47 Å². The van der Waals surface area contributed by atoms with Crippen LogP contribution in [0.3, 0.4) is 0 Å². The van der Waals surface area contributed by atoms with E-state index in [1.54, 1.807) is 14.2 Å². The summed E-state index contributed by atoms with van der Waals surface area (Å²) in [6, 6.07) is 2.18. The molecule has 1 aromatic rings. The first-order chi connectivity index (χ1) is 9.17. The molecule has 0 radical (unpaired) electrons. The largest absolute Gasteiger partial charge is 0.493 e. The van der Waals surface area contributed by atoms with E-state index in [9.17, 15) is 0 Å². The lowest BCUT2D eigenvalue weighted by atomic mass is 9.90. The van der Waals surface area contributed by atoms with Crippen LogP contribution >= 0.6 is 15.9 Å². The van der Waals surface area contributed by atoms with Crippen LogP contribution in [-0.2, 0) is 6.42 Å². The summed E-state index contributed by atoms with van der Waals surface area (Å²) in [7, 11) is 3.42. The highest BCUT2D eigenvalue weighted by Crippen LogP contribution is 2.40. The van der Waals surface area contributed by atoms with Gasteiger partial charge in [-0.2, -0.15) is 0 Å². The molecule has 1 N–H and O–H groups in total. The summed E-state index contributed by atoms with van der Waals surface area (Å²) in [5.41, 5.74) is 2.33.